The van der Waals surface area contributed by atoms with Crippen LogP contribution >= 0.6 is 0 Å². The maximum atomic E-state index is 3.98. The Kier molecular flexibility index (Phi) is 18.5. The molecule has 2 aliphatic heterocycles. The van der Waals surface area contributed by atoms with E-state index in [-0.39, 0.29) is 0 Å². The molecule has 2 unspecified atom stereocenters. The topological polar surface area (TPSA) is 18.5 Å². The Morgan fingerprint density at radius 2 is 1.11 bits per heavy atom. The molecule has 0 bridgehead atoms. The zero-order valence-corrected chi connectivity index (χ0v) is 26.1. The van der Waals surface area contributed by atoms with Crippen LogP contribution in [0.4, 0.5) is 0 Å². The van der Waals surface area contributed by atoms with Gasteiger partial charge in [-0.2, -0.15) is 0 Å². The fourth-order valence-corrected chi connectivity index (χ4v) is 7.04. The SMILES string of the molecule is CCCCCCCC(CCCCC)NCCN1CC2(CCN(CC(CCCC)CCCCCC)CC2)C1. The van der Waals surface area contributed by atoms with Crippen LogP contribution in [-0.4, -0.2) is 61.7 Å². The Labute approximate surface area is 234 Å². The van der Waals surface area contributed by atoms with E-state index in [0.29, 0.717) is 5.41 Å². The molecule has 0 aromatic rings. The first-order chi connectivity index (χ1) is 18.1. The van der Waals surface area contributed by atoms with Gasteiger partial charge in [0.05, 0.1) is 0 Å². The van der Waals surface area contributed by atoms with Crippen LogP contribution in [0.25, 0.3) is 0 Å². The van der Waals surface area contributed by atoms with Gasteiger partial charge in [-0.15, -0.1) is 0 Å². The fraction of sp³-hybridized carbons (Fsp3) is 1.00. The summed E-state index contributed by atoms with van der Waals surface area (Å²) < 4.78 is 0. The lowest BCUT2D eigenvalue weighted by Crippen LogP contribution is -2.61. The zero-order valence-electron chi connectivity index (χ0n) is 26.1. The van der Waals surface area contributed by atoms with Gasteiger partial charge in [-0.1, -0.05) is 118 Å². The van der Waals surface area contributed by atoms with E-state index in [1.54, 1.807) is 0 Å². The fourth-order valence-electron chi connectivity index (χ4n) is 7.04. The number of hydrogen-bond acceptors (Lipinski definition) is 3. The van der Waals surface area contributed by atoms with Crippen LogP contribution in [0, 0.1) is 11.3 Å². The van der Waals surface area contributed by atoms with E-state index in [1.807, 2.05) is 0 Å². The second kappa shape index (κ2) is 20.7. The molecule has 1 spiro atoms. The summed E-state index contributed by atoms with van der Waals surface area (Å²) in [5.74, 6) is 0.951. The third kappa shape index (κ3) is 14.2. The van der Waals surface area contributed by atoms with E-state index in [1.165, 1.54) is 174 Å². The first-order valence-electron chi connectivity index (χ1n) is 17.3. The molecule has 2 fully saturated rings. The maximum absolute atomic E-state index is 3.98. The van der Waals surface area contributed by atoms with Gasteiger partial charge in [-0.3, -0.25) is 0 Å². The molecule has 220 valence electrons. The number of piperidine rings is 1. The third-order valence-corrected chi connectivity index (χ3v) is 9.66. The van der Waals surface area contributed by atoms with Crippen molar-refractivity contribution in [1.29, 1.82) is 0 Å². The molecule has 2 aliphatic rings. The van der Waals surface area contributed by atoms with Gasteiger partial charge in [0, 0.05) is 38.8 Å². The number of nitrogens with one attached hydrogen (secondary N) is 1. The second-order valence-corrected chi connectivity index (χ2v) is 13.2. The highest BCUT2D eigenvalue weighted by atomic mass is 15.2. The predicted octanol–water partition coefficient (Wildman–Crippen LogP) is 9.06. The summed E-state index contributed by atoms with van der Waals surface area (Å²) in [6.07, 6.45) is 28.3. The lowest BCUT2D eigenvalue weighted by molar-refractivity contribution is -0.0481. The summed E-state index contributed by atoms with van der Waals surface area (Å²) in [5.41, 5.74) is 0.663. The molecule has 3 heteroatoms. The van der Waals surface area contributed by atoms with Crippen LogP contribution in [0.3, 0.4) is 0 Å². The van der Waals surface area contributed by atoms with Crippen LogP contribution in [0.15, 0.2) is 0 Å². The quantitative estimate of drug-likeness (QED) is 0.128. The predicted molar refractivity (Wildman–Crippen MR) is 166 cm³/mol. The molecule has 3 nitrogen and oxygen atoms in total. The average Bonchev–Trinajstić information content (AvgIpc) is 2.89. The van der Waals surface area contributed by atoms with Crippen molar-refractivity contribution in [3.05, 3.63) is 0 Å². The zero-order chi connectivity index (χ0) is 26.6. The largest absolute Gasteiger partial charge is 0.313 e. The summed E-state index contributed by atoms with van der Waals surface area (Å²) in [4.78, 5) is 5.60. The number of unbranched alkanes of at least 4 members (excludes halogenated alkanes) is 10. The highest BCUT2D eigenvalue weighted by molar-refractivity contribution is 4.98. The molecule has 0 amide bonds. The van der Waals surface area contributed by atoms with Crippen molar-refractivity contribution in [3.8, 4) is 0 Å². The number of hydrogen-bond donors (Lipinski definition) is 1. The first-order valence-corrected chi connectivity index (χ1v) is 17.3. The van der Waals surface area contributed by atoms with Gasteiger partial charge in [0.25, 0.3) is 0 Å². The number of likely N-dealkylation sites (tertiary alicyclic amines) is 2. The summed E-state index contributed by atoms with van der Waals surface area (Å²) >= 11 is 0. The highest BCUT2D eigenvalue weighted by Crippen LogP contribution is 2.40. The average molecular weight is 520 g/mol. The molecule has 2 rings (SSSR count). The second-order valence-electron chi connectivity index (χ2n) is 13.2. The smallest absolute Gasteiger partial charge is 0.0107 e. The summed E-state index contributed by atoms with van der Waals surface area (Å²) in [7, 11) is 0. The van der Waals surface area contributed by atoms with Crippen LogP contribution in [-0.2, 0) is 0 Å². The third-order valence-electron chi connectivity index (χ3n) is 9.66. The van der Waals surface area contributed by atoms with Crippen molar-refractivity contribution in [2.75, 3.05) is 45.8 Å². The van der Waals surface area contributed by atoms with Crippen molar-refractivity contribution in [2.45, 2.75) is 162 Å². The molecule has 0 aliphatic carbocycles. The molecule has 0 aromatic heterocycles. The monoisotopic (exact) mass is 520 g/mol. The molecule has 0 radical (unpaired) electrons. The maximum Gasteiger partial charge on any atom is 0.0107 e. The first kappa shape index (κ1) is 33.1. The van der Waals surface area contributed by atoms with Crippen LogP contribution in [0.5, 0.6) is 0 Å². The molecule has 1 N–H and O–H groups in total. The lowest BCUT2D eigenvalue weighted by Gasteiger charge is -2.54. The molecule has 0 aromatic carbocycles. The Bertz CT molecular complexity index is 505. The van der Waals surface area contributed by atoms with E-state index < -0.39 is 0 Å². The summed E-state index contributed by atoms with van der Waals surface area (Å²) in [6, 6.07) is 0.759. The van der Waals surface area contributed by atoms with Gasteiger partial charge in [-0.05, 0) is 62.9 Å². The normalized spacial score (nSPS) is 19.8. The van der Waals surface area contributed by atoms with E-state index in [2.05, 4.69) is 42.8 Å². The molecule has 2 atom stereocenters. The molecular formula is C34H69N3. The van der Waals surface area contributed by atoms with Gasteiger partial charge < -0.3 is 15.1 Å². The molecule has 2 saturated heterocycles. The van der Waals surface area contributed by atoms with E-state index >= 15 is 0 Å². The highest BCUT2D eigenvalue weighted by Gasteiger charge is 2.44. The number of nitrogens with zero attached hydrogens (tertiary/aromatic N) is 2. The van der Waals surface area contributed by atoms with Crippen molar-refractivity contribution in [1.82, 2.24) is 15.1 Å². The Balaban J connectivity index is 1.61. The van der Waals surface area contributed by atoms with Crippen LogP contribution in [0.2, 0.25) is 0 Å². The molecule has 0 saturated carbocycles. The summed E-state index contributed by atoms with van der Waals surface area (Å²) in [6.45, 7) is 18.7. The van der Waals surface area contributed by atoms with Crippen molar-refractivity contribution >= 4 is 0 Å². The summed E-state index contributed by atoms with van der Waals surface area (Å²) in [5, 5.41) is 3.98. The standard InChI is InChI=1S/C34H69N3/c1-5-9-13-15-18-22-33(21-16-11-7-3)35-25-28-37-30-34(31-37)23-26-36(27-24-34)29-32(19-12-8-4)20-17-14-10-6-2/h32-33,35H,5-31H2,1-4H3. The number of rotatable bonds is 24. The molecule has 37 heavy (non-hydrogen) atoms. The van der Waals surface area contributed by atoms with E-state index in [0.717, 1.165) is 12.0 Å². The Morgan fingerprint density at radius 1 is 0.595 bits per heavy atom. The lowest BCUT2D eigenvalue weighted by atomic mass is 9.72. The van der Waals surface area contributed by atoms with Gasteiger partial charge >= 0.3 is 0 Å². The Morgan fingerprint density at radius 3 is 1.76 bits per heavy atom. The minimum atomic E-state index is 0.663. The minimum Gasteiger partial charge on any atom is -0.313 e. The van der Waals surface area contributed by atoms with Gasteiger partial charge in [0.15, 0.2) is 0 Å². The van der Waals surface area contributed by atoms with Crippen molar-refractivity contribution in [3.63, 3.8) is 0 Å². The molecular weight excluding hydrogens is 450 g/mol. The van der Waals surface area contributed by atoms with E-state index in [4.69, 9.17) is 0 Å². The van der Waals surface area contributed by atoms with Gasteiger partial charge in [0.2, 0.25) is 0 Å². The van der Waals surface area contributed by atoms with E-state index in [9.17, 15) is 0 Å². The van der Waals surface area contributed by atoms with Gasteiger partial charge in [-0.25, -0.2) is 0 Å². The van der Waals surface area contributed by atoms with Crippen molar-refractivity contribution < 1.29 is 0 Å². The van der Waals surface area contributed by atoms with Crippen molar-refractivity contribution in [2.24, 2.45) is 11.3 Å². The molecule has 2 heterocycles. The minimum absolute atomic E-state index is 0.663. The van der Waals surface area contributed by atoms with Gasteiger partial charge in [0.1, 0.15) is 0 Å². The van der Waals surface area contributed by atoms with Crippen LogP contribution in [0.1, 0.15) is 156 Å². The Hall–Kier alpha value is -0.120. The van der Waals surface area contributed by atoms with Crippen LogP contribution < -0.4 is 5.32 Å².